The molecule has 24 heavy (non-hydrogen) atoms. The molecule has 0 unspecified atom stereocenters. The van der Waals surface area contributed by atoms with Crippen LogP contribution in [0, 0.1) is 11.3 Å². The number of nitrogens with one attached hydrogen (secondary N) is 1. The van der Waals surface area contributed by atoms with Crippen LogP contribution < -0.4 is 5.32 Å². The largest absolute Gasteiger partial charge is 0.458 e. The highest BCUT2D eigenvalue weighted by molar-refractivity contribution is 7.10. The topological polar surface area (TPSA) is 88.4 Å². The van der Waals surface area contributed by atoms with Crippen molar-refractivity contribution in [3.05, 3.63) is 21.9 Å². The number of hydrogen-bond donors (Lipinski definition) is 1. The molecule has 1 amide bonds. The van der Waals surface area contributed by atoms with E-state index < -0.39 is 29.3 Å². The van der Waals surface area contributed by atoms with Crippen molar-refractivity contribution in [3.63, 3.8) is 0 Å². The number of thiophene rings is 1. The lowest BCUT2D eigenvalue weighted by Crippen LogP contribution is -2.47. The summed E-state index contributed by atoms with van der Waals surface area (Å²) in [5, 5.41) is 13.2. The zero-order valence-electron chi connectivity index (χ0n) is 14.9. The molecular formula is C17H24N2O4S. The fraction of sp³-hybridized carbons (Fsp3) is 0.588. The molecule has 1 aromatic rings. The average molecular weight is 352 g/mol. The summed E-state index contributed by atoms with van der Waals surface area (Å²) >= 11 is 1.29. The maximum absolute atomic E-state index is 12.4. The summed E-state index contributed by atoms with van der Waals surface area (Å²) < 4.78 is 10.6. The molecule has 1 aromatic heterocycles. The SMILES string of the molecule is CC(C)(C)OC(=O)N[C@@H](Cc1csc(C#N)c1)C(=O)OC(C)(C)C. The quantitative estimate of drug-likeness (QED) is 0.839. The van der Waals surface area contributed by atoms with Crippen molar-refractivity contribution >= 4 is 23.4 Å². The highest BCUT2D eigenvalue weighted by Gasteiger charge is 2.29. The Morgan fingerprint density at radius 2 is 1.79 bits per heavy atom. The molecule has 0 saturated heterocycles. The van der Waals surface area contributed by atoms with Gasteiger partial charge >= 0.3 is 12.1 Å². The Hall–Kier alpha value is -2.07. The third kappa shape index (κ3) is 7.47. The summed E-state index contributed by atoms with van der Waals surface area (Å²) in [5.74, 6) is -0.543. The molecule has 0 aromatic carbocycles. The first-order valence-electron chi connectivity index (χ1n) is 7.59. The first-order valence-corrected chi connectivity index (χ1v) is 8.47. The number of amides is 1. The van der Waals surface area contributed by atoms with E-state index >= 15 is 0 Å². The summed E-state index contributed by atoms with van der Waals surface area (Å²) in [6.07, 6.45) is -0.458. The second-order valence-electron chi connectivity index (χ2n) is 7.37. The number of carbonyl (C=O) groups excluding carboxylic acids is 2. The van der Waals surface area contributed by atoms with Crippen molar-refractivity contribution in [2.45, 2.75) is 65.2 Å². The molecule has 0 saturated carbocycles. The van der Waals surface area contributed by atoms with Crippen LogP contribution in [-0.4, -0.2) is 29.3 Å². The molecular weight excluding hydrogens is 328 g/mol. The van der Waals surface area contributed by atoms with Gasteiger partial charge in [-0.3, -0.25) is 0 Å². The second kappa shape index (κ2) is 7.67. The van der Waals surface area contributed by atoms with Gasteiger partial charge in [-0.2, -0.15) is 5.26 Å². The molecule has 0 aliphatic rings. The molecule has 0 fully saturated rings. The summed E-state index contributed by atoms with van der Waals surface area (Å²) in [6.45, 7) is 10.5. The molecule has 0 aliphatic carbocycles. The number of carbonyl (C=O) groups is 2. The van der Waals surface area contributed by atoms with E-state index in [1.165, 1.54) is 11.3 Å². The zero-order valence-corrected chi connectivity index (χ0v) is 15.7. The van der Waals surface area contributed by atoms with Gasteiger partial charge in [-0.25, -0.2) is 9.59 Å². The van der Waals surface area contributed by atoms with Crippen molar-refractivity contribution in [1.82, 2.24) is 5.32 Å². The summed E-state index contributed by atoms with van der Waals surface area (Å²) in [4.78, 5) is 24.9. The Balaban J connectivity index is 2.88. The van der Waals surface area contributed by atoms with E-state index in [1.807, 2.05) is 0 Å². The number of hydrogen-bond acceptors (Lipinski definition) is 6. The van der Waals surface area contributed by atoms with Gasteiger partial charge in [0.2, 0.25) is 0 Å². The predicted octanol–water partition coefficient (Wildman–Crippen LogP) is 3.40. The standard InChI is InChI=1S/C17H24N2O4S/c1-16(2,3)22-14(20)13(19-15(21)23-17(4,5)6)8-11-7-12(9-18)24-10-11/h7,10,13H,8H2,1-6H3,(H,19,21)/t13-/m0/s1. The first-order chi connectivity index (χ1) is 10.9. The van der Waals surface area contributed by atoms with E-state index in [-0.39, 0.29) is 6.42 Å². The zero-order chi connectivity index (χ0) is 18.5. The van der Waals surface area contributed by atoms with Crippen molar-refractivity contribution in [2.75, 3.05) is 0 Å². The number of nitrogens with zero attached hydrogens (tertiary/aromatic N) is 1. The van der Waals surface area contributed by atoms with Crippen molar-refractivity contribution in [1.29, 1.82) is 5.26 Å². The van der Waals surface area contributed by atoms with Crippen LogP contribution in [-0.2, 0) is 20.7 Å². The summed E-state index contributed by atoms with van der Waals surface area (Å²) in [5.41, 5.74) is -0.556. The van der Waals surface area contributed by atoms with Crippen molar-refractivity contribution in [2.24, 2.45) is 0 Å². The number of esters is 1. The molecule has 6 nitrogen and oxygen atoms in total. The molecule has 0 aliphatic heterocycles. The van der Waals surface area contributed by atoms with Gasteiger partial charge in [0.05, 0.1) is 0 Å². The molecule has 0 radical (unpaired) electrons. The third-order valence-corrected chi connectivity index (χ3v) is 3.47. The Kier molecular flexibility index (Phi) is 6.38. The van der Waals surface area contributed by atoms with Crippen LogP contribution in [0.5, 0.6) is 0 Å². The molecule has 1 rings (SSSR count). The molecule has 0 bridgehead atoms. The van der Waals surface area contributed by atoms with E-state index in [0.717, 1.165) is 5.56 Å². The summed E-state index contributed by atoms with van der Waals surface area (Å²) in [7, 11) is 0. The first kappa shape index (κ1) is 20.0. The molecule has 1 N–H and O–H groups in total. The minimum atomic E-state index is -0.889. The number of rotatable bonds is 4. The maximum atomic E-state index is 12.4. The highest BCUT2D eigenvalue weighted by atomic mass is 32.1. The number of alkyl carbamates (subject to hydrolysis) is 1. The Labute approximate surface area is 146 Å². The number of nitriles is 1. The van der Waals surface area contributed by atoms with E-state index in [0.29, 0.717) is 4.88 Å². The molecule has 1 atom stereocenters. The lowest BCUT2D eigenvalue weighted by atomic mass is 10.1. The van der Waals surface area contributed by atoms with Gasteiger partial charge in [-0.1, -0.05) is 0 Å². The molecule has 132 valence electrons. The number of ether oxygens (including phenoxy) is 2. The van der Waals surface area contributed by atoms with Crippen molar-refractivity contribution in [3.8, 4) is 6.07 Å². The minimum Gasteiger partial charge on any atom is -0.458 e. The van der Waals surface area contributed by atoms with Crippen molar-refractivity contribution < 1.29 is 19.1 Å². The van der Waals surface area contributed by atoms with Crippen LogP contribution in [0.25, 0.3) is 0 Å². The van der Waals surface area contributed by atoms with Crippen LogP contribution in [0.3, 0.4) is 0 Å². The predicted molar refractivity (Wildman–Crippen MR) is 91.7 cm³/mol. The van der Waals surface area contributed by atoms with Gasteiger partial charge in [0.15, 0.2) is 0 Å². The molecule has 7 heteroatoms. The summed E-state index contributed by atoms with van der Waals surface area (Å²) in [6, 6.07) is 2.85. The average Bonchev–Trinajstić information content (AvgIpc) is 2.81. The van der Waals surface area contributed by atoms with E-state index in [2.05, 4.69) is 11.4 Å². The Bertz CT molecular complexity index is 632. The van der Waals surface area contributed by atoms with Gasteiger partial charge < -0.3 is 14.8 Å². The van der Waals surface area contributed by atoms with Crippen LogP contribution in [0.15, 0.2) is 11.4 Å². The van der Waals surface area contributed by atoms with Gasteiger partial charge in [-0.15, -0.1) is 11.3 Å². The van der Waals surface area contributed by atoms with E-state index in [1.54, 1.807) is 53.0 Å². The van der Waals surface area contributed by atoms with E-state index in [9.17, 15) is 9.59 Å². The molecule has 0 spiro atoms. The molecule has 1 heterocycles. The van der Waals surface area contributed by atoms with Crippen LogP contribution in [0.2, 0.25) is 0 Å². The normalized spacial score (nSPS) is 12.9. The van der Waals surface area contributed by atoms with Crippen LogP contribution in [0.1, 0.15) is 52.0 Å². The van der Waals surface area contributed by atoms with Gasteiger partial charge in [0.1, 0.15) is 28.2 Å². The van der Waals surface area contributed by atoms with Gasteiger partial charge in [0, 0.05) is 6.42 Å². The Morgan fingerprint density at radius 1 is 1.21 bits per heavy atom. The van der Waals surface area contributed by atoms with Crippen LogP contribution in [0.4, 0.5) is 4.79 Å². The minimum absolute atomic E-state index is 0.229. The van der Waals surface area contributed by atoms with E-state index in [4.69, 9.17) is 14.7 Å². The third-order valence-electron chi connectivity index (χ3n) is 2.59. The lowest BCUT2D eigenvalue weighted by Gasteiger charge is -2.26. The van der Waals surface area contributed by atoms with Crippen LogP contribution >= 0.6 is 11.3 Å². The lowest BCUT2D eigenvalue weighted by molar-refractivity contribution is -0.157. The second-order valence-corrected chi connectivity index (χ2v) is 8.28. The maximum Gasteiger partial charge on any atom is 0.408 e. The van der Waals surface area contributed by atoms with Gasteiger partial charge in [-0.05, 0) is 58.6 Å². The monoisotopic (exact) mass is 352 g/mol. The highest BCUT2D eigenvalue weighted by Crippen LogP contribution is 2.17. The van der Waals surface area contributed by atoms with Gasteiger partial charge in [0.25, 0.3) is 0 Å². The fourth-order valence-corrected chi connectivity index (χ4v) is 2.51. The smallest absolute Gasteiger partial charge is 0.408 e. The fourth-order valence-electron chi connectivity index (χ4n) is 1.79. The Morgan fingerprint density at radius 3 is 2.25 bits per heavy atom.